The molecule has 1 aromatic carbocycles. The zero-order valence-electron chi connectivity index (χ0n) is 15.1. The molecule has 0 spiro atoms. The van der Waals surface area contributed by atoms with Crippen molar-refractivity contribution in [2.75, 3.05) is 21.3 Å². The second-order valence-electron chi connectivity index (χ2n) is 5.93. The third kappa shape index (κ3) is 3.80. The molecule has 0 saturated carbocycles. The summed E-state index contributed by atoms with van der Waals surface area (Å²) in [5.41, 5.74) is 0.473. The first kappa shape index (κ1) is 19.3. The Hall–Kier alpha value is -3.01. The van der Waals surface area contributed by atoms with Crippen molar-refractivity contribution in [2.24, 2.45) is 0 Å². The number of carbonyl (C=O) groups excluding carboxylic acids is 2. The molecule has 0 unspecified atom stereocenters. The number of ether oxygens (including phenoxy) is 3. The number of aromatic amines is 1. The van der Waals surface area contributed by atoms with Gasteiger partial charge in [0.2, 0.25) is 0 Å². The highest BCUT2D eigenvalue weighted by Gasteiger charge is 2.35. The molecule has 1 aromatic heterocycles. The summed E-state index contributed by atoms with van der Waals surface area (Å²) in [6.45, 7) is 0. The van der Waals surface area contributed by atoms with Crippen LogP contribution in [0.25, 0.3) is 10.9 Å². The molecule has 0 aliphatic heterocycles. The number of aromatic nitrogens is 1. The van der Waals surface area contributed by atoms with Crippen LogP contribution in [0.4, 0.5) is 0 Å². The van der Waals surface area contributed by atoms with Crippen molar-refractivity contribution >= 4 is 22.8 Å². The van der Waals surface area contributed by atoms with Crippen molar-refractivity contribution in [3.63, 3.8) is 0 Å². The summed E-state index contributed by atoms with van der Waals surface area (Å²) in [4.78, 5) is 26.4. The number of carbonyl (C=O) groups is 2. The third-order valence-corrected chi connectivity index (χ3v) is 4.60. The van der Waals surface area contributed by atoms with Gasteiger partial charge < -0.3 is 19.2 Å². The first-order valence-corrected chi connectivity index (χ1v) is 8.20. The van der Waals surface area contributed by atoms with Gasteiger partial charge in [0, 0.05) is 24.4 Å². The van der Waals surface area contributed by atoms with Gasteiger partial charge in [-0.1, -0.05) is 6.07 Å². The Morgan fingerprint density at radius 1 is 1.08 bits per heavy atom. The van der Waals surface area contributed by atoms with Gasteiger partial charge in [-0.15, -0.1) is 0 Å². The predicted octanol–water partition coefficient (Wildman–Crippen LogP) is 2.84. The first-order valence-electron chi connectivity index (χ1n) is 8.20. The number of methoxy groups -OCH3 is 3. The summed E-state index contributed by atoms with van der Waals surface area (Å²) in [7, 11) is 4.19. The van der Waals surface area contributed by atoms with Gasteiger partial charge in [0.1, 0.15) is 5.75 Å². The minimum Gasteiger partial charge on any atom is -0.495 e. The van der Waals surface area contributed by atoms with Crippen LogP contribution in [-0.4, -0.2) is 38.3 Å². The molecule has 2 aromatic rings. The SMILES string of the molecule is COC(=O)CCC(C#N)(CCC(=O)OC)c1ccc(OC)c2[nH]ccc12. The Labute approximate surface area is 151 Å². The number of esters is 2. The lowest BCUT2D eigenvalue weighted by Gasteiger charge is -2.27. The number of fused-ring (bicyclic) bond motifs is 1. The Bertz CT molecular complexity index is 814. The topological polar surface area (TPSA) is 101 Å². The van der Waals surface area contributed by atoms with E-state index in [4.69, 9.17) is 14.2 Å². The molecule has 2 rings (SSSR count). The van der Waals surface area contributed by atoms with Gasteiger partial charge >= 0.3 is 11.9 Å². The van der Waals surface area contributed by atoms with Gasteiger partial charge in [0.25, 0.3) is 0 Å². The molecule has 0 bridgehead atoms. The van der Waals surface area contributed by atoms with Crippen molar-refractivity contribution in [1.82, 2.24) is 4.98 Å². The maximum Gasteiger partial charge on any atom is 0.305 e. The number of rotatable bonds is 8. The van der Waals surface area contributed by atoms with Crippen LogP contribution in [0.3, 0.4) is 0 Å². The number of benzene rings is 1. The molecule has 7 heteroatoms. The Balaban J connectivity index is 2.51. The summed E-state index contributed by atoms with van der Waals surface area (Å²) in [6.07, 6.45) is 2.38. The van der Waals surface area contributed by atoms with Crippen LogP contribution in [0.2, 0.25) is 0 Å². The molecule has 138 valence electrons. The van der Waals surface area contributed by atoms with E-state index in [1.807, 2.05) is 12.1 Å². The number of nitrogens with one attached hydrogen (secondary N) is 1. The lowest BCUT2D eigenvalue weighted by atomic mass is 9.73. The van der Waals surface area contributed by atoms with Crippen LogP contribution in [0, 0.1) is 11.3 Å². The monoisotopic (exact) mass is 358 g/mol. The van der Waals surface area contributed by atoms with Gasteiger partial charge in [-0.05, 0) is 30.5 Å². The highest BCUT2D eigenvalue weighted by molar-refractivity contribution is 5.90. The van der Waals surface area contributed by atoms with Crippen LogP contribution in [0.15, 0.2) is 24.4 Å². The number of nitrogens with zero attached hydrogens (tertiary/aromatic N) is 1. The van der Waals surface area contributed by atoms with E-state index in [9.17, 15) is 14.9 Å². The zero-order chi connectivity index (χ0) is 19.2. The quantitative estimate of drug-likeness (QED) is 0.728. The lowest BCUT2D eigenvalue weighted by Crippen LogP contribution is -2.27. The number of hydrogen-bond acceptors (Lipinski definition) is 6. The van der Waals surface area contributed by atoms with Crippen LogP contribution in [0.5, 0.6) is 5.75 Å². The predicted molar refractivity (Wildman–Crippen MR) is 94.6 cm³/mol. The smallest absolute Gasteiger partial charge is 0.305 e. The molecule has 0 aliphatic carbocycles. The largest absolute Gasteiger partial charge is 0.495 e. The standard InChI is InChI=1S/C19H22N2O5/c1-24-15-5-4-14(13-8-11-21-18(13)15)19(12-20,9-6-16(22)25-2)10-7-17(23)26-3/h4-5,8,11,21H,6-7,9-10H2,1-3H3. The van der Waals surface area contributed by atoms with Crippen LogP contribution in [-0.2, 0) is 24.5 Å². The summed E-state index contributed by atoms with van der Waals surface area (Å²) < 4.78 is 14.8. The summed E-state index contributed by atoms with van der Waals surface area (Å²) in [6, 6.07) is 7.78. The highest BCUT2D eigenvalue weighted by Crippen LogP contribution is 2.40. The number of H-pyrrole nitrogens is 1. The highest BCUT2D eigenvalue weighted by atomic mass is 16.5. The van der Waals surface area contributed by atoms with E-state index in [1.54, 1.807) is 19.4 Å². The van der Waals surface area contributed by atoms with Crippen molar-refractivity contribution in [3.8, 4) is 11.8 Å². The molecular formula is C19H22N2O5. The molecular weight excluding hydrogens is 336 g/mol. The maximum absolute atomic E-state index is 11.7. The van der Waals surface area contributed by atoms with Crippen LogP contribution in [0.1, 0.15) is 31.2 Å². The fourth-order valence-corrected chi connectivity index (χ4v) is 3.12. The van der Waals surface area contributed by atoms with E-state index in [-0.39, 0.29) is 25.7 Å². The van der Waals surface area contributed by atoms with E-state index < -0.39 is 17.4 Å². The summed E-state index contributed by atoms with van der Waals surface area (Å²) in [5, 5.41) is 10.8. The van der Waals surface area contributed by atoms with E-state index in [0.717, 1.165) is 16.5 Å². The minimum absolute atomic E-state index is 0.0726. The Morgan fingerprint density at radius 2 is 1.69 bits per heavy atom. The fraction of sp³-hybridized carbons (Fsp3) is 0.421. The normalized spacial score (nSPS) is 11.0. The van der Waals surface area contributed by atoms with Crippen molar-refractivity contribution < 1.29 is 23.8 Å². The van der Waals surface area contributed by atoms with Crippen LogP contribution < -0.4 is 4.74 Å². The molecule has 7 nitrogen and oxygen atoms in total. The van der Waals surface area contributed by atoms with Gasteiger partial charge in [-0.2, -0.15) is 5.26 Å². The van der Waals surface area contributed by atoms with Crippen molar-refractivity contribution in [2.45, 2.75) is 31.1 Å². The van der Waals surface area contributed by atoms with Gasteiger partial charge in [-0.25, -0.2) is 0 Å². The van der Waals surface area contributed by atoms with Crippen LogP contribution >= 0.6 is 0 Å². The average Bonchev–Trinajstić information content (AvgIpc) is 3.17. The molecule has 1 heterocycles. The van der Waals surface area contributed by atoms with Gasteiger partial charge in [0.05, 0.1) is 38.3 Å². The van der Waals surface area contributed by atoms with Crippen molar-refractivity contribution in [3.05, 3.63) is 30.0 Å². The van der Waals surface area contributed by atoms with E-state index in [1.165, 1.54) is 14.2 Å². The molecule has 0 radical (unpaired) electrons. The molecule has 0 atom stereocenters. The second-order valence-corrected chi connectivity index (χ2v) is 5.93. The summed E-state index contributed by atoms with van der Waals surface area (Å²) >= 11 is 0. The van der Waals surface area contributed by atoms with E-state index in [0.29, 0.717) is 5.75 Å². The molecule has 1 N–H and O–H groups in total. The molecule has 0 aliphatic rings. The number of nitriles is 1. The van der Waals surface area contributed by atoms with Crippen molar-refractivity contribution in [1.29, 1.82) is 5.26 Å². The molecule has 0 fully saturated rings. The lowest BCUT2D eigenvalue weighted by molar-refractivity contribution is -0.141. The van der Waals surface area contributed by atoms with E-state index >= 15 is 0 Å². The molecule has 0 saturated heterocycles. The fourth-order valence-electron chi connectivity index (χ4n) is 3.12. The molecule has 26 heavy (non-hydrogen) atoms. The first-order chi connectivity index (χ1) is 12.5. The summed E-state index contributed by atoms with van der Waals surface area (Å²) in [5.74, 6) is -0.149. The Kier molecular flexibility index (Phi) is 6.23. The van der Waals surface area contributed by atoms with Gasteiger partial charge in [0.15, 0.2) is 0 Å². The van der Waals surface area contributed by atoms with Gasteiger partial charge in [-0.3, -0.25) is 9.59 Å². The molecule has 0 amide bonds. The third-order valence-electron chi connectivity index (χ3n) is 4.60. The Morgan fingerprint density at radius 3 is 2.19 bits per heavy atom. The average molecular weight is 358 g/mol. The van der Waals surface area contributed by atoms with E-state index in [2.05, 4.69) is 11.1 Å². The number of hydrogen-bond donors (Lipinski definition) is 1. The maximum atomic E-state index is 11.7. The second kappa shape index (κ2) is 8.39. The minimum atomic E-state index is -1.03. The zero-order valence-corrected chi connectivity index (χ0v) is 15.1.